The summed E-state index contributed by atoms with van der Waals surface area (Å²) in [6.07, 6.45) is 4.04. The van der Waals surface area contributed by atoms with Crippen molar-refractivity contribution in [3.8, 4) is 0 Å². The number of nitrogens with one attached hydrogen (secondary N) is 1. The summed E-state index contributed by atoms with van der Waals surface area (Å²) >= 11 is 0. The number of rotatable bonds is 5. The van der Waals surface area contributed by atoms with Crippen LogP contribution in [0.3, 0.4) is 0 Å². The van der Waals surface area contributed by atoms with Gasteiger partial charge in [-0.15, -0.1) is 0 Å². The molecule has 0 radical (unpaired) electrons. The number of aryl methyl sites for hydroxylation is 1. The molecule has 2 aliphatic rings. The van der Waals surface area contributed by atoms with Gasteiger partial charge >= 0.3 is 0 Å². The van der Waals surface area contributed by atoms with Crippen molar-refractivity contribution in [2.24, 2.45) is 0 Å². The molecule has 1 aromatic rings. The lowest BCUT2D eigenvalue weighted by Gasteiger charge is -2.41. The van der Waals surface area contributed by atoms with Gasteiger partial charge < -0.3 is 19.9 Å². The third-order valence-electron chi connectivity index (χ3n) is 4.52. The van der Waals surface area contributed by atoms with Crippen LogP contribution in [0.15, 0.2) is 36.7 Å². The molecule has 3 rings (SSSR count). The normalized spacial score (nSPS) is 22.3. The van der Waals surface area contributed by atoms with Crippen molar-refractivity contribution in [1.29, 1.82) is 0 Å². The molecule has 0 saturated carbocycles. The fourth-order valence-corrected chi connectivity index (χ4v) is 3.26. The predicted octanol–water partition coefficient (Wildman–Crippen LogP) is 1.81. The SMILES string of the molecule is Cc1cccc(N2CCN(COCN3C=CNCC3)CC2C)c1. The van der Waals surface area contributed by atoms with E-state index in [1.54, 1.807) is 0 Å². The molecule has 0 aromatic heterocycles. The van der Waals surface area contributed by atoms with E-state index in [2.05, 4.69) is 64.3 Å². The fourth-order valence-electron chi connectivity index (χ4n) is 3.26. The number of piperazine rings is 1. The van der Waals surface area contributed by atoms with Crippen LogP contribution in [0, 0.1) is 6.92 Å². The molecule has 2 heterocycles. The summed E-state index contributed by atoms with van der Waals surface area (Å²) in [5, 5.41) is 3.19. The minimum absolute atomic E-state index is 0.508. The Bertz CT molecular complexity index is 534. The third kappa shape index (κ3) is 4.39. The van der Waals surface area contributed by atoms with Gasteiger partial charge in [0.1, 0.15) is 13.5 Å². The summed E-state index contributed by atoms with van der Waals surface area (Å²) in [6, 6.07) is 9.30. The monoisotopic (exact) mass is 316 g/mol. The van der Waals surface area contributed by atoms with E-state index < -0.39 is 0 Å². The van der Waals surface area contributed by atoms with Crippen molar-refractivity contribution in [2.75, 3.05) is 51.1 Å². The molecule has 23 heavy (non-hydrogen) atoms. The number of ether oxygens (including phenoxy) is 1. The van der Waals surface area contributed by atoms with E-state index in [4.69, 9.17) is 4.74 Å². The Hall–Kier alpha value is -1.72. The molecule has 1 atom stereocenters. The van der Waals surface area contributed by atoms with Gasteiger partial charge in [-0.25, -0.2) is 0 Å². The molecule has 1 N–H and O–H groups in total. The molecule has 5 nitrogen and oxygen atoms in total. The highest BCUT2D eigenvalue weighted by molar-refractivity contribution is 5.49. The Kier molecular flexibility index (Phi) is 5.41. The van der Waals surface area contributed by atoms with Crippen LogP contribution in [0.4, 0.5) is 5.69 Å². The van der Waals surface area contributed by atoms with Crippen LogP contribution in [-0.2, 0) is 4.74 Å². The van der Waals surface area contributed by atoms with E-state index in [0.29, 0.717) is 19.5 Å². The van der Waals surface area contributed by atoms with Gasteiger partial charge in [0.05, 0.1) is 0 Å². The second kappa shape index (κ2) is 7.70. The van der Waals surface area contributed by atoms with E-state index in [1.807, 2.05) is 6.20 Å². The first-order valence-electron chi connectivity index (χ1n) is 8.50. The average Bonchev–Trinajstić information content (AvgIpc) is 2.56. The van der Waals surface area contributed by atoms with Crippen molar-refractivity contribution in [1.82, 2.24) is 15.1 Å². The molecule has 1 fully saturated rings. The molecule has 1 aromatic carbocycles. The van der Waals surface area contributed by atoms with Crippen LogP contribution >= 0.6 is 0 Å². The van der Waals surface area contributed by atoms with E-state index in [9.17, 15) is 0 Å². The number of hydrogen-bond donors (Lipinski definition) is 1. The van der Waals surface area contributed by atoms with Gasteiger partial charge in [0.25, 0.3) is 0 Å². The molecule has 0 bridgehead atoms. The van der Waals surface area contributed by atoms with E-state index >= 15 is 0 Å². The molecular formula is C18H28N4O. The van der Waals surface area contributed by atoms with Crippen LogP contribution in [0.5, 0.6) is 0 Å². The molecular weight excluding hydrogens is 288 g/mol. The van der Waals surface area contributed by atoms with Crippen molar-refractivity contribution in [2.45, 2.75) is 19.9 Å². The molecule has 126 valence electrons. The molecule has 0 spiro atoms. The molecule has 1 saturated heterocycles. The van der Waals surface area contributed by atoms with Crippen molar-refractivity contribution >= 4 is 5.69 Å². The molecule has 5 heteroatoms. The summed E-state index contributed by atoms with van der Waals surface area (Å²) in [7, 11) is 0. The lowest BCUT2D eigenvalue weighted by atomic mass is 10.1. The lowest BCUT2D eigenvalue weighted by Crippen LogP contribution is -2.52. The van der Waals surface area contributed by atoms with Crippen LogP contribution in [0.1, 0.15) is 12.5 Å². The Morgan fingerprint density at radius 1 is 1.22 bits per heavy atom. The van der Waals surface area contributed by atoms with Crippen molar-refractivity contribution in [3.05, 3.63) is 42.2 Å². The van der Waals surface area contributed by atoms with Crippen molar-refractivity contribution in [3.63, 3.8) is 0 Å². The highest BCUT2D eigenvalue weighted by Crippen LogP contribution is 2.21. The zero-order valence-electron chi connectivity index (χ0n) is 14.2. The highest BCUT2D eigenvalue weighted by atomic mass is 16.5. The summed E-state index contributed by atoms with van der Waals surface area (Å²) in [5.41, 5.74) is 2.66. The zero-order valence-corrected chi connectivity index (χ0v) is 14.2. The van der Waals surface area contributed by atoms with E-state index in [1.165, 1.54) is 11.3 Å². The number of anilines is 1. The van der Waals surface area contributed by atoms with Crippen LogP contribution in [0.25, 0.3) is 0 Å². The Balaban J connectivity index is 1.45. The first kappa shape index (κ1) is 16.1. The highest BCUT2D eigenvalue weighted by Gasteiger charge is 2.23. The van der Waals surface area contributed by atoms with Gasteiger partial charge in [-0.1, -0.05) is 12.1 Å². The molecule has 0 aliphatic carbocycles. The van der Waals surface area contributed by atoms with Gasteiger partial charge in [-0.2, -0.15) is 0 Å². The lowest BCUT2D eigenvalue weighted by molar-refractivity contribution is -0.0219. The van der Waals surface area contributed by atoms with Crippen LogP contribution in [0.2, 0.25) is 0 Å². The summed E-state index contributed by atoms with van der Waals surface area (Å²) in [6.45, 7) is 11.0. The molecule has 0 amide bonds. The maximum Gasteiger partial charge on any atom is 0.120 e. The zero-order chi connectivity index (χ0) is 16.1. The molecule has 2 aliphatic heterocycles. The summed E-state index contributed by atoms with van der Waals surface area (Å²) < 4.78 is 5.88. The Labute approximate surface area is 139 Å². The quantitative estimate of drug-likeness (QED) is 0.895. The van der Waals surface area contributed by atoms with Crippen LogP contribution < -0.4 is 10.2 Å². The Morgan fingerprint density at radius 2 is 2.13 bits per heavy atom. The molecule has 1 unspecified atom stereocenters. The number of benzene rings is 1. The first-order chi connectivity index (χ1) is 11.2. The fraction of sp³-hybridized carbons (Fsp3) is 0.556. The van der Waals surface area contributed by atoms with Gasteiger partial charge in [0, 0.05) is 56.9 Å². The summed E-state index contributed by atoms with van der Waals surface area (Å²) in [5.74, 6) is 0. The first-order valence-corrected chi connectivity index (χ1v) is 8.50. The van der Waals surface area contributed by atoms with Gasteiger partial charge in [0.15, 0.2) is 0 Å². The van der Waals surface area contributed by atoms with Crippen molar-refractivity contribution < 1.29 is 4.74 Å². The maximum absolute atomic E-state index is 5.88. The van der Waals surface area contributed by atoms with Gasteiger partial charge in [-0.05, 0) is 31.5 Å². The van der Waals surface area contributed by atoms with E-state index in [0.717, 1.165) is 32.7 Å². The topological polar surface area (TPSA) is 31.0 Å². The predicted molar refractivity (Wildman–Crippen MR) is 94.2 cm³/mol. The number of hydrogen-bond acceptors (Lipinski definition) is 5. The Morgan fingerprint density at radius 3 is 2.87 bits per heavy atom. The maximum atomic E-state index is 5.88. The minimum Gasteiger partial charge on any atom is -0.388 e. The van der Waals surface area contributed by atoms with Crippen LogP contribution in [-0.4, -0.2) is 62.0 Å². The standard InChI is InChI=1S/C18H28N4O/c1-16-4-3-5-18(12-16)22-11-10-21(13-17(22)2)15-23-14-20-8-6-19-7-9-20/h3-6,8,12,17,19H,7,9-11,13-15H2,1-2H3. The average molecular weight is 316 g/mol. The van der Waals surface area contributed by atoms with Gasteiger partial charge in [0.2, 0.25) is 0 Å². The van der Waals surface area contributed by atoms with E-state index in [-0.39, 0.29) is 0 Å². The van der Waals surface area contributed by atoms with Gasteiger partial charge in [-0.3, -0.25) is 4.90 Å². The second-order valence-corrected chi connectivity index (χ2v) is 6.50. The summed E-state index contributed by atoms with van der Waals surface area (Å²) in [4.78, 5) is 7.11. The smallest absolute Gasteiger partial charge is 0.120 e. The number of nitrogens with zero attached hydrogens (tertiary/aromatic N) is 3. The largest absolute Gasteiger partial charge is 0.388 e. The minimum atomic E-state index is 0.508. The third-order valence-corrected chi connectivity index (χ3v) is 4.52. The second-order valence-electron chi connectivity index (χ2n) is 6.50.